The molecule has 0 aliphatic carbocycles. The molecule has 5 heteroatoms. The molecule has 0 aromatic heterocycles. The molecule has 1 aromatic carbocycles. The number of hydrogen-bond acceptors (Lipinski definition) is 4. The van der Waals surface area contributed by atoms with Gasteiger partial charge >= 0.3 is 0 Å². The maximum Gasteiger partial charge on any atom is 0.224 e. The molecule has 2 aliphatic heterocycles. The van der Waals surface area contributed by atoms with E-state index < -0.39 is 0 Å². The van der Waals surface area contributed by atoms with Crippen LogP contribution >= 0.6 is 0 Å². The number of benzene rings is 1. The van der Waals surface area contributed by atoms with Crippen molar-refractivity contribution in [2.75, 3.05) is 57.3 Å². The minimum absolute atomic E-state index is 0.310. The Kier molecular flexibility index (Phi) is 5.51. The highest BCUT2D eigenvalue weighted by Gasteiger charge is 2.24. The molecule has 3 rings (SSSR count). The Morgan fingerprint density at radius 2 is 1.87 bits per heavy atom. The number of hydrogen-bond donors (Lipinski definition) is 1. The summed E-state index contributed by atoms with van der Waals surface area (Å²) in [7, 11) is 0. The fraction of sp³-hybridized carbons (Fsp3) is 0.611. The minimum atomic E-state index is 0.310. The van der Waals surface area contributed by atoms with Gasteiger partial charge < -0.3 is 15.1 Å². The Morgan fingerprint density at radius 1 is 1.13 bits per heavy atom. The zero-order valence-corrected chi connectivity index (χ0v) is 14.1. The lowest BCUT2D eigenvalue weighted by Gasteiger charge is -2.37. The van der Waals surface area contributed by atoms with Crippen molar-refractivity contribution >= 4 is 11.6 Å². The molecule has 23 heavy (non-hydrogen) atoms. The lowest BCUT2D eigenvalue weighted by Crippen LogP contribution is -2.53. The summed E-state index contributed by atoms with van der Waals surface area (Å²) in [5, 5.41) is 3.34. The summed E-state index contributed by atoms with van der Waals surface area (Å²) in [5.41, 5.74) is 1.30. The fourth-order valence-electron chi connectivity index (χ4n) is 3.48. The Morgan fingerprint density at radius 3 is 2.57 bits per heavy atom. The van der Waals surface area contributed by atoms with Gasteiger partial charge in [0.05, 0.1) is 0 Å². The SMILES string of the molecule is CC1CNCCN1C(=O)CCN1CCN(c2ccccc2)CC1. The van der Waals surface area contributed by atoms with E-state index in [1.165, 1.54) is 5.69 Å². The van der Waals surface area contributed by atoms with E-state index in [0.29, 0.717) is 18.4 Å². The molecule has 0 bridgehead atoms. The number of nitrogens with zero attached hydrogens (tertiary/aromatic N) is 3. The van der Waals surface area contributed by atoms with E-state index in [0.717, 1.165) is 52.4 Å². The van der Waals surface area contributed by atoms with Crippen LogP contribution in [-0.2, 0) is 4.79 Å². The van der Waals surface area contributed by atoms with Crippen LogP contribution in [0.1, 0.15) is 13.3 Å². The lowest BCUT2D eigenvalue weighted by molar-refractivity contribution is -0.134. The van der Waals surface area contributed by atoms with E-state index >= 15 is 0 Å². The molecule has 5 nitrogen and oxygen atoms in total. The summed E-state index contributed by atoms with van der Waals surface area (Å²) >= 11 is 0. The predicted octanol–water partition coefficient (Wildman–Crippen LogP) is 1.02. The number of carbonyl (C=O) groups excluding carboxylic acids is 1. The zero-order chi connectivity index (χ0) is 16.1. The second kappa shape index (κ2) is 7.79. The van der Waals surface area contributed by atoms with Crippen molar-refractivity contribution in [3.8, 4) is 0 Å². The number of para-hydroxylation sites is 1. The summed E-state index contributed by atoms with van der Waals surface area (Å²) in [4.78, 5) is 19.3. The smallest absolute Gasteiger partial charge is 0.224 e. The van der Waals surface area contributed by atoms with Crippen molar-refractivity contribution in [1.29, 1.82) is 0 Å². The first-order valence-corrected chi connectivity index (χ1v) is 8.76. The average Bonchev–Trinajstić information content (AvgIpc) is 2.61. The first-order chi connectivity index (χ1) is 11.2. The molecule has 1 aromatic rings. The van der Waals surface area contributed by atoms with Crippen molar-refractivity contribution in [1.82, 2.24) is 15.1 Å². The summed E-state index contributed by atoms with van der Waals surface area (Å²) in [6, 6.07) is 10.9. The largest absolute Gasteiger partial charge is 0.369 e. The van der Waals surface area contributed by atoms with E-state index in [1.807, 2.05) is 4.90 Å². The number of carbonyl (C=O) groups is 1. The maximum absolute atomic E-state index is 12.4. The molecule has 126 valence electrons. The number of amides is 1. The van der Waals surface area contributed by atoms with Crippen molar-refractivity contribution < 1.29 is 4.79 Å². The van der Waals surface area contributed by atoms with E-state index in [4.69, 9.17) is 0 Å². The van der Waals surface area contributed by atoms with Crippen LogP contribution in [0.25, 0.3) is 0 Å². The van der Waals surface area contributed by atoms with Gasteiger partial charge in [0.2, 0.25) is 5.91 Å². The number of piperazine rings is 2. The highest BCUT2D eigenvalue weighted by atomic mass is 16.2. The third-order valence-corrected chi connectivity index (χ3v) is 4.96. The summed E-state index contributed by atoms with van der Waals surface area (Å²) in [5.74, 6) is 0.310. The summed E-state index contributed by atoms with van der Waals surface area (Å²) in [6.45, 7) is 9.87. The standard InChI is InChI=1S/C18H28N4O/c1-16-15-19-8-10-22(16)18(23)7-9-20-11-13-21(14-12-20)17-5-3-2-4-6-17/h2-6,16,19H,7-15H2,1H3. The van der Waals surface area contributed by atoms with Crippen molar-refractivity contribution in [2.24, 2.45) is 0 Å². The third kappa shape index (κ3) is 4.24. The van der Waals surface area contributed by atoms with Crippen LogP contribution in [0.3, 0.4) is 0 Å². The van der Waals surface area contributed by atoms with Gasteiger partial charge in [-0.2, -0.15) is 0 Å². The third-order valence-electron chi connectivity index (χ3n) is 4.96. The number of rotatable bonds is 4. The lowest BCUT2D eigenvalue weighted by atomic mass is 10.2. The molecule has 2 fully saturated rings. The number of anilines is 1. The van der Waals surface area contributed by atoms with Crippen LogP contribution in [0.4, 0.5) is 5.69 Å². The second-order valence-corrected chi connectivity index (χ2v) is 6.55. The zero-order valence-electron chi connectivity index (χ0n) is 14.1. The van der Waals surface area contributed by atoms with Gasteiger partial charge in [-0.1, -0.05) is 18.2 Å². The van der Waals surface area contributed by atoms with Gasteiger partial charge in [-0.15, -0.1) is 0 Å². The normalized spacial score (nSPS) is 23.1. The number of nitrogens with one attached hydrogen (secondary N) is 1. The van der Waals surface area contributed by atoms with Crippen LogP contribution in [0.15, 0.2) is 30.3 Å². The van der Waals surface area contributed by atoms with E-state index in [1.54, 1.807) is 0 Å². The Bertz CT molecular complexity index is 499. The molecule has 2 saturated heterocycles. The van der Waals surface area contributed by atoms with Gasteiger partial charge in [0, 0.05) is 70.5 Å². The van der Waals surface area contributed by atoms with Crippen LogP contribution in [0.2, 0.25) is 0 Å². The van der Waals surface area contributed by atoms with Gasteiger partial charge in [-0.3, -0.25) is 9.69 Å². The van der Waals surface area contributed by atoms with Gasteiger partial charge in [0.15, 0.2) is 0 Å². The van der Waals surface area contributed by atoms with E-state index in [-0.39, 0.29) is 0 Å². The van der Waals surface area contributed by atoms with E-state index in [2.05, 4.69) is 52.4 Å². The highest BCUT2D eigenvalue weighted by Crippen LogP contribution is 2.15. The van der Waals surface area contributed by atoms with Crippen molar-refractivity contribution in [2.45, 2.75) is 19.4 Å². The van der Waals surface area contributed by atoms with E-state index in [9.17, 15) is 4.79 Å². The minimum Gasteiger partial charge on any atom is -0.369 e. The molecular weight excluding hydrogens is 288 g/mol. The maximum atomic E-state index is 12.4. The monoisotopic (exact) mass is 316 g/mol. The first-order valence-electron chi connectivity index (χ1n) is 8.76. The first kappa shape index (κ1) is 16.3. The molecule has 2 heterocycles. The van der Waals surface area contributed by atoms with Gasteiger partial charge in [0.1, 0.15) is 0 Å². The fourth-order valence-corrected chi connectivity index (χ4v) is 3.48. The molecular formula is C18H28N4O. The Labute approximate surface area is 139 Å². The molecule has 1 N–H and O–H groups in total. The van der Waals surface area contributed by atoms with Gasteiger partial charge in [-0.05, 0) is 19.1 Å². The molecule has 0 saturated carbocycles. The van der Waals surface area contributed by atoms with Crippen LogP contribution in [0.5, 0.6) is 0 Å². The topological polar surface area (TPSA) is 38.8 Å². The van der Waals surface area contributed by atoms with Crippen LogP contribution in [0, 0.1) is 0 Å². The molecule has 1 unspecified atom stereocenters. The van der Waals surface area contributed by atoms with Crippen LogP contribution < -0.4 is 10.2 Å². The predicted molar refractivity (Wildman–Crippen MR) is 93.8 cm³/mol. The van der Waals surface area contributed by atoms with Crippen LogP contribution in [-0.4, -0.2) is 74.1 Å². The molecule has 1 amide bonds. The second-order valence-electron chi connectivity index (χ2n) is 6.55. The Hall–Kier alpha value is -1.59. The highest BCUT2D eigenvalue weighted by molar-refractivity contribution is 5.76. The molecule has 0 radical (unpaired) electrons. The summed E-state index contributed by atoms with van der Waals surface area (Å²) < 4.78 is 0. The van der Waals surface area contributed by atoms with Crippen molar-refractivity contribution in [3.05, 3.63) is 30.3 Å². The van der Waals surface area contributed by atoms with Crippen molar-refractivity contribution in [3.63, 3.8) is 0 Å². The summed E-state index contributed by atoms with van der Waals surface area (Å²) in [6.07, 6.45) is 0.648. The Balaban J connectivity index is 1.41. The molecule has 2 aliphatic rings. The van der Waals surface area contributed by atoms with Gasteiger partial charge in [-0.25, -0.2) is 0 Å². The average molecular weight is 316 g/mol. The molecule has 0 spiro atoms. The quantitative estimate of drug-likeness (QED) is 0.900. The van der Waals surface area contributed by atoms with Gasteiger partial charge in [0.25, 0.3) is 0 Å². The molecule has 1 atom stereocenters.